The Morgan fingerprint density at radius 1 is 1.17 bits per heavy atom. The first kappa shape index (κ1) is 19.1. The number of unbranched alkanes of at least 4 members (excludes halogenated alkanes) is 4. The first-order chi connectivity index (χ1) is 11.7. The number of hydrogen-bond donors (Lipinski definition) is 1. The molecule has 1 aliphatic heterocycles. The lowest BCUT2D eigenvalue weighted by atomic mass is 10.1. The van der Waals surface area contributed by atoms with Gasteiger partial charge in [0, 0.05) is 37.1 Å². The largest absolute Gasteiger partial charge is 0.333 e. The van der Waals surface area contributed by atoms with Gasteiger partial charge in [-0.1, -0.05) is 26.2 Å². The molecule has 0 aliphatic carbocycles. The quantitative estimate of drug-likeness (QED) is 0.704. The van der Waals surface area contributed by atoms with E-state index >= 15 is 0 Å². The van der Waals surface area contributed by atoms with Crippen LogP contribution in [0.1, 0.15) is 58.1 Å². The van der Waals surface area contributed by atoms with Crippen LogP contribution in [-0.2, 0) is 6.42 Å². The fraction of sp³-hybridized carbons (Fsp3) is 0.789. The lowest BCUT2D eigenvalue weighted by Crippen LogP contribution is -2.57. The van der Waals surface area contributed by atoms with Gasteiger partial charge in [0.05, 0.1) is 0 Å². The minimum Gasteiger partial charge on any atom is -0.333 e. The molecule has 2 N–H and O–H groups in total. The van der Waals surface area contributed by atoms with Crippen LogP contribution >= 0.6 is 0 Å². The molecular formula is C19H35N5. The highest BCUT2D eigenvalue weighted by Gasteiger charge is 2.31. The molecule has 0 aromatic carbocycles. The van der Waals surface area contributed by atoms with Crippen LogP contribution in [0.15, 0.2) is 12.3 Å². The van der Waals surface area contributed by atoms with Crippen molar-refractivity contribution in [2.24, 2.45) is 5.73 Å². The highest BCUT2D eigenvalue weighted by molar-refractivity contribution is 5.35. The molecule has 5 nitrogen and oxygen atoms in total. The number of aromatic nitrogens is 2. The second kappa shape index (κ2) is 9.94. The van der Waals surface area contributed by atoms with Gasteiger partial charge >= 0.3 is 0 Å². The monoisotopic (exact) mass is 333 g/mol. The topological polar surface area (TPSA) is 58.3 Å². The molecule has 1 aromatic rings. The van der Waals surface area contributed by atoms with E-state index in [1.807, 2.05) is 6.20 Å². The molecule has 24 heavy (non-hydrogen) atoms. The second-order valence-corrected chi connectivity index (χ2v) is 7.19. The van der Waals surface area contributed by atoms with Crippen molar-refractivity contribution < 1.29 is 0 Å². The van der Waals surface area contributed by atoms with E-state index in [1.165, 1.54) is 31.4 Å². The highest BCUT2D eigenvalue weighted by Crippen LogP contribution is 2.23. The minimum atomic E-state index is 0.459. The molecule has 0 amide bonds. The third kappa shape index (κ3) is 5.42. The van der Waals surface area contributed by atoms with E-state index in [9.17, 15) is 0 Å². The molecule has 2 rings (SSSR count). The number of anilines is 1. The number of rotatable bonds is 9. The van der Waals surface area contributed by atoms with E-state index < -0.39 is 0 Å². The Labute approximate surface area is 147 Å². The average Bonchev–Trinajstić information content (AvgIpc) is 2.57. The summed E-state index contributed by atoms with van der Waals surface area (Å²) >= 11 is 0. The molecule has 2 unspecified atom stereocenters. The Morgan fingerprint density at radius 2 is 1.92 bits per heavy atom. The van der Waals surface area contributed by atoms with Gasteiger partial charge in [0.25, 0.3) is 0 Å². The lowest BCUT2D eigenvalue weighted by molar-refractivity contribution is 0.227. The Hall–Kier alpha value is -1.20. The Bertz CT molecular complexity index is 479. The third-order valence-electron chi connectivity index (χ3n) is 5.01. The Kier molecular flexibility index (Phi) is 7.92. The molecule has 2 heterocycles. The van der Waals surface area contributed by atoms with Crippen LogP contribution in [0.4, 0.5) is 5.95 Å². The van der Waals surface area contributed by atoms with Gasteiger partial charge in [0.15, 0.2) is 0 Å². The van der Waals surface area contributed by atoms with Gasteiger partial charge in [0.1, 0.15) is 0 Å². The summed E-state index contributed by atoms with van der Waals surface area (Å²) in [4.78, 5) is 14.3. The van der Waals surface area contributed by atoms with E-state index in [2.05, 4.69) is 41.7 Å². The summed E-state index contributed by atoms with van der Waals surface area (Å²) < 4.78 is 0. The normalized spacial score (nSPS) is 22.1. The maximum atomic E-state index is 5.54. The Morgan fingerprint density at radius 3 is 2.67 bits per heavy atom. The number of aryl methyl sites for hydroxylation is 1. The van der Waals surface area contributed by atoms with Gasteiger partial charge in [-0.15, -0.1) is 0 Å². The van der Waals surface area contributed by atoms with Crippen molar-refractivity contribution in [1.82, 2.24) is 14.9 Å². The van der Waals surface area contributed by atoms with Gasteiger partial charge in [0.2, 0.25) is 5.95 Å². The van der Waals surface area contributed by atoms with Crippen LogP contribution in [0.3, 0.4) is 0 Å². The minimum absolute atomic E-state index is 0.459. The summed E-state index contributed by atoms with van der Waals surface area (Å²) in [5.74, 6) is 0.920. The van der Waals surface area contributed by atoms with Crippen molar-refractivity contribution in [1.29, 1.82) is 0 Å². The van der Waals surface area contributed by atoms with Crippen LogP contribution in [0, 0.1) is 0 Å². The van der Waals surface area contributed by atoms with Gasteiger partial charge in [-0.2, -0.15) is 0 Å². The molecule has 0 radical (unpaired) electrons. The first-order valence-corrected chi connectivity index (χ1v) is 9.64. The smallest absolute Gasteiger partial charge is 0.226 e. The lowest BCUT2D eigenvalue weighted by Gasteiger charge is -2.44. The summed E-state index contributed by atoms with van der Waals surface area (Å²) in [6.45, 7) is 7.53. The number of piperazine rings is 1. The fourth-order valence-corrected chi connectivity index (χ4v) is 3.74. The zero-order chi connectivity index (χ0) is 17.4. The molecular weight excluding hydrogens is 298 g/mol. The van der Waals surface area contributed by atoms with Gasteiger partial charge in [-0.05, 0) is 52.3 Å². The summed E-state index contributed by atoms with van der Waals surface area (Å²) in [5.41, 5.74) is 6.72. The van der Waals surface area contributed by atoms with Crippen molar-refractivity contribution in [3.8, 4) is 0 Å². The van der Waals surface area contributed by atoms with Crippen molar-refractivity contribution in [3.63, 3.8) is 0 Å². The molecule has 2 atom stereocenters. The van der Waals surface area contributed by atoms with E-state index in [0.717, 1.165) is 44.8 Å². The summed E-state index contributed by atoms with van der Waals surface area (Å²) in [6.07, 6.45) is 10.3. The fourth-order valence-electron chi connectivity index (χ4n) is 3.74. The maximum absolute atomic E-state index is 5.54. The maximum Gasteiger partial charge on any atom is 0.226 e. The van der Waals surface area contributed by atoms with E-state index in [1.54, 1.807) is 0 Å². The van der Waals surface area contributed by atoms with Crippen LogP contribution in [0.2, 0.25) is 0 Å². The summed E-state index contributed by atoms with van der Waals surface area (Å²) in [7, 11) is 2.21. The third-order valence-corrected chi connectivity index (χ3v) is 5.01. The molecule has 0 bridgehead atoms. The number of nitrogens with two attached hydrogens (primary N) is 1. The molecule has 0 spiro atoms. The Balaban J connectivity index is 1.93. The SMILES string of the molecule is CCC1CN(C)CC(C)N1c1nccc(CCCCCCCN)n1. The molecule has 1 aromatic heterocycles. The second-order valence-electron chi connectivity index (χ2n) is 7.19. The molecule has 136 valence electrons. The molecule has 1 aliphatic rings. The summed E-state index contributed by atoms with van der Waals surface area (Å²) in [5, 5.41) is 0. The molecule has 1 fully saturated rings. The van der Waals surface area contributed by atoms with Gasteiger partial charge < -0.3 is 15.5 Å². The van der Waals surface area contributed by atoms with Crippen LogP contribution < -0.4 is 10.6 Å². The number of likely N-dealkylation sites (N-methyl/N-ethyl adjacent to an activating group) is 1. The predicted octanol–water partition coefficient (Wildman–Crippen LogP) is 2.85. The van der Waals surface area contributed by atoms with Crippen LogP contribution in [-0.4, -0.2) is 53.6 Å². The number of hydrogen-bond acceptors (Lipinski definition) is 5. The van der Waals surface area contributed by atoms with Crippen molar-refractivity contribution in [2.75, 3.05) is 31.6 Å². The van der Waals surface area contributed by atoms with Crippen molar-refractivity contribution in [3.05, 3.63) is 18.0 Å². The van der Waals surface area contributed by atoms with Crippen molar-refractivity contribution >= 4 is 5.95 Å². The van der Waals surface area contributed by atoms with E-state index in [-0.39, 0.29) is 0 Å². The predicted molar refractivity (Wildman–Crippen MR) is 101 cm³/mol. The molecule has 5 heteroatoms. The highest BCUT2D eigenvalue weighted by atomic mass is 15.4. The van der Waals surface area contributed by atoms with Gasteiger partial charge in [-0.25, -0.2) is 9.97 Å². The van der Waals surface area contributed by atoms with Crippen LogP contribution in [0.25, 0.3) is 0 Å². The van der Waals surface area contributed by atoms with Gasteiger partial charge in [-0.3, -0.25) is 0 Å². The molecule has 0 saturated carbocycles. The summed E-state index contributed by atoms with van der Waals surface area (Å²) in [6, 6.07) is 3.04. The van der Waals surface area contributed by atoms with Crippen LogP contribution in [0.5, 0.6) is 0 Å². The van der Waals surface area contributed by atoms with E-state index in [4.69, 9.17) is 10.7 Å². The average molecular weight is 334 g/mol. The van der Waals surface area contributed by atoms with E-state index in [0.29, 0.717) is 12.1 Å². The zero-order valence-corrected chi connectivity index (χ0v) is 15.7. The standard InChI is InChI=1S/C19H35N5/c1-4-18-15-23(3)14-16(2)24(18)19-21-13-11-17(22-19)10-8-6-5-7-9-12-20/h11,13,16,18H,4-10,12,14-15,20H2,1-3H3. The zero-order valence-electron chi connectivity index (χ0n) is 15.7. The first-order valence-electron chi connectivity index (χ1n) is 9.64. The van der Waals surface area contributed by atoms with Crippen molar-refractivity contribution in [2.45, 2.75) is 70.9 Å². The molecule has 1 saturated heterocycles. The number of nitrogens with zero attached hydrogens (tertiary/aromatic N) is 4.